The third-order valence-corrected chi connectivity index (χ3v) is 4.90. The van der Waals surface area contributed by atoms with Gasteiger partial charge in [0.1, 0.15) is 28.3 Å². The largest absolute Gasteiger partial charge is 0.497 e. The maximum Gasteiger partial charge on any atom is 0.410 e. The standard InChI is InChI=1S/C25H37N7O8/c1-24(2,3)39-22(34)27-10-11-31(23(35)40-25(4,5)6)14-16-12-17(38-7)13-19(30-16)21(33)26-9-8-18-20(32(36)37)29-15-28-18/h12-13,15H,8-11,14H2,1-7H3,(H,26,33)(H,27,34)(H,28,29). The second-order valence-electron chi connectivity index (χ2n) is 10.7. The van der Waals surface area contributed by atoms with E-state index in [-0.39, 0.29) is 49.8 Å². The molecule has 0 aromatic carbocycles. The molecule has 0 saturated carbocycles. The fraction of sp³-hybridized carbons (Fsp3) is 0.560. The average molecular weight is 564 g/mol. The number of nitro groups is 1. The van der Waals surface area contributed by atoms with Gasteiger partial charge in [0.05, 0.1) is 19.3 Å². The Morgan fingerprint density at radius 1 is 1.05 bits per heavy atom. The second-order valence-corrected chi connectivity index (χ2v) is 10.7. The Labute approximate surface area is 232 Å². The van der Waals surface area contributed by atoms with Crippen LogP contribution in [0.1, 0.15) is 63.4 Å². The van der Waals surface area contributed by atoms with Crippen LogP contribution in [0.15, 0.2) is 18.5 Å². The van der Waals surface area contributed by atoms with Crippen molar-refractivity contribution in [3.8, 4) is 5.75 Å². The normalized spacial score (nSPS) is 11.4. The molecule has 0 spiro atoms. The van der Waals surface area contributed by atoms with Crippen LogP contribution >= 0.6 is 0 Å². The second kappa shape index (κ2) is 13.6. The summed E-state index contributed by atoms with van der Waals surface area (Å²) in [6, 6.07) is 3.00. The van der Waals surface area contributed by atoms with Gasteiger partial charge >= 0.3 is 18.0 Å². The smallest absolute Gasteiger partial charge is 0.410 e. The molecule has 0 aliphatic heterocycles. The molecule has 2 aromatic heterocycles. The van der Waals surface area contributed by atoms with Crippen LogP contribution in [0.4, 0.5) is 15.4 Å². The first kappa shape index (κ1) is 31.8. The van der Waals surface area contributed by atoms with Gasteiger partial charge < -0.3 is 39.9 Å². The number of carbonyl (C=O) groups excluding carboxylic acids is 3. The van der Waals surface area contributed by atoms with E-state index in [4.69, 9.17) is 14.2 Å². The number of methoxy groups -OCH3 is 1. The molecule has 2 rings (SSSR count). The van der Waals surface area contributed by atoms with Crippen molar-refractivity contribution in [2.45, 2.75) is 65.7 Å². The predicted molar refractivity (Wildman–Crippen MR) is 143 cm³/mol. The van der Waals surface area contributed by atoms with Crippen LogP contribution in [0.2, 0.25) is 0 Å². The van der Waals surface area contributed by atoms with Gasteiger partial charge in [0.15, 0.2) is 6.33 Å². The summed E-state index contributed by atoms with van der Waals surface area (Å²) >= 11 is 0. The van der Waals surface area contributed by atoms with Gasteiger partial charge in [-0.2, -0.15) is 0 Å². The molecule has 0 atom stereocenters. The van der Waals surface area contributed by atoms with Gasteiger partial charge in [-0.05, 0) is 46.5 Å². The molecule has 15 heteroatoms. The van der Waals surface area contributed by atoms with Crippen molar-refractivity contribution in [2.24, 2.45) is 0 Å². The Morgan fingerprint density at radius 3 is 2.33 bits per heavy atom. The molecule has 0 unspecified atom stereocenters. The lowest BCUT2D eigenvalue weighted by Gasteiger charge is -2.27. The zero-order valence-electron chi connectivity index (χ0n) is 23.8. The van der Waals surface area contributed by atoms with E-state index in [1.54, 1.807) is 47.6 Å². The van der Waals surface area contributed by atoms with Crippen molar-refractivity contribution in [2.75, 3.05) is 26.7 Å². The summed E-state index contributed by atoms with van der Waals surface area (Å²) in [5, 5.41) is 16.3. The minimum Gasteiger partial charge on any atom is -0.497 e. The first-order valence-electron chi connectivity index (χ1n) is 12.5. The van der Waals surface area contributed by atoms with Crippen molar-refractivity contribution in [3.05, 3.63) is 45.7 Å². The van der Waals surface area contributed by atoms with E-state index >= 15 is 0 Å². The van der Waals surface area contributed by atoms with Crippen LogP contribution in [0.5, 0.6) is 5.75 Å². The van der Waals surface area contributed by atoms with Gasteiger partial charge in [0, 0.05) is 38.2 Å². The minimum atomic E-state index is -0.774. The molecule has 0 radical (unpaired) electrons. The molecule has 0 aliphatic carbocycles. The van der Waals surface area contributed by atoms with E-state index in [9.17, 15) is 24.5 Å². The zero-order valence-corrected chi connectivity index (χ0v) is 23.8. The van der Waals surface area contributed by atoms with E-state index in [2.05, 4.69) is 25.6 Å². The highest BCUT2D eigenvalue weighted by Crippen LogP contribution is 2.18. The summed E-state index contributed by atoms with van der Waals surface area (Å²) in [5.74, 6) is -0.456. The molecule has 3 amide bonds. The van der Waals surface area contributed by atoms with Crippen LogP contribution in [-0.4, -0.2) is 80.8 Å². The molecule has 0 bridgehead atoms. The quantitative estimate of drug-likeness (QED) is 0.270. The summed E-state index contributed by atoms with van der Waals surface area (Å²) in [6.45, 7) is 10.6. The van der Waals surface area contributed by atoms with Gasteiger partial charge in [-0.15, -0.1) is 0 Å². The van der Waals surface area contributed by atoms with Crippen molar-refractivity contribution < 1.29 is 33.5 Å². The van der Waals surface area contributed by atoms with Crippen LogP contribution in [0, 0.1) is 10.1 Å². The molecule has 3 N–H and O–H groups in total. The van der Waals surface area contributed by atoms with Gasteiger partial charge in [0.25, 0.3) is 5.91 Å². The number of hydrogen-bond acceptors (Lipinski definition) is 10. The lowest BCUT2D eigenvalue weighted by Crippen LogP contribution is -2.42. The highest BCUT2D eigenvalue weighted by molar-refractivity contribution is 5.92. The maximum absolute atomic E-state index is 12.9. The topological polar surface area (TPSA) is 191 Å². The van der Waals surface area contributed by atoms with Crippen LogP contribution in [-0.2, 0) is 22.4 Å². The molecule has 0 fully saturated rings. The summed E-state index contributed by atoms with van der Waals surface area (Å²) in [7, 11) is 1.42. The van der Waals surface area contributed by atoms with Crippen molar-refractivity contribution in [1.82, 2.24) is 30.5 Å². The fourth-order valence-electron chi connectivity index (χ4n) is 3.28. The van der Waals surface area contributed by atoms with Gasteiger partial charge in [-0.3, -0.25) is 4.79 Å². The summed E-state index contributed by atoms with van der Waals surface area (Å²) < 4.78 is 16.1. The summed E-state index contributed by atoms with van der Waals surface area (Å²) in [4.78, 5) is 60.3. The highest BCUT2D eigenvalue weighted by Gasteiger charge is 2.24. The third kappa shape index (κ3) is 10.7. The Balaban J connectivity index is 2.14. The van der Waals surface area contributed by atoms with Crippen molar-refractivity contribution >= 4 is 23.9 Å². The molecule has 0 saturated heterocycles. The number of H-pyrrole nitrogens is 1. The number of rotatable bonds is 11. The molecule has 2 heterocycles. The number of aromatic amines is 1. The van der Waals surface area contributed by atoms with E-state index < -0.39 is 34.2 Å². The van der Waals surface area contributed by atoms with Gasteiger partial charge in [-0.25, -0.2) is 24.5 Å². The fourth-order valence-corrected chi connectivity index (χ4v) is 3.28. The number of pyridine rings is 1. The number of amides is 3. The molecular weight excluding hydrogens is 526 g/mol. The summed E-state index contributed by atoms with van der Waals surface area (Å²) in [6.07, 6.45) is 0.0642. The number of nitrogens with zero attached hydrogens (tertiary/aromatic N) is 4. The van der Waals surface area contributed by atoms with E-state index in [1.165, 1.54) is 24.4 Å². The predicted octanol–water partition coefficient (Wildman–Crippen LogP) is 2.96. The number of nitrogens with one attached hydrogen (secondary N) is 3. The molecule has 0 aliphatic rings. The Bertz CT molecular complexity index is 1200. The number of carbonyl (C=O) groups is 3. The van der Waals surface area contributed by atoms with E-state index in [0.29, 0.717) is 11.4 Å². The van der Waals surface area contributed by atoms with Crippen LogP contribution in [0.3, 0.4) is 0 Å². The number of aromatic nitrogens is 3. The van der Waals surface area contributed by atoms with Crippen molar-refractivity contribution in [3.63, 3.8) is 0 Å². The number of ether oxygens (including phenoxy) is 3. The number of hydrogen-bond donors (Lipinski definition) is 3. The lowest BCUT2D eigenvalue weighted by atomic mass is 10.2. The van der Waals surface area contributed by atoms with Gasteiger partial charge in [-0.1, -0.05) is 0 Å². The number of alkyl carbamates (subject to hydrolysis) is 1. The minimum absolute atomic E-state index is 0.0156. The van der Waals surface area contributed by atoms with Crippen LogP contribution in [0.25, 0.3) is 0 Å². The highest BCUT2D eigenvalue weighted by atomic mass is 16.6. The Hall–Kier alpha value is -4.43. The Kier molecular flexibility index (Phi) is 10.8. The maximum atomic E-state index is 12.9. The zero-order chi connectivity index (χ0) is 30.1. The molecule has 15 nitrogen and oxygen atoms in total. The van der Waals surface area contributed by atoms with E-state index in [0.717, 1.165) is 0 Å². The average Bonchev–Trinajstić information content (AvgIpc) is 3.30. The van der Waals surface area contributed by atoms with Gasteiger partial charge in [0.2, 0.25) is 0 Å². The molecule has 2 aromatic rings. The SMILES string of the molecule is COc1cc(CN(CCNC(=O)OC(C)(C)C)C(=O)OC(C)(C)C)nc(C(=O)NCCc2nc[nH]c2[N+](=O)[O-])c1. The monoisotopic (exact) mass is 563 g/mol. The summed E-state index contributed by atoms with van der Waals surface area (Å²) in [5.41, 5.74) is -0.900. The first-order valence-corrected chi connectivity index (χ1v) is 12.5. The lowest BCUT2D eigenvalue weighted by molar-refractivity contribution is -0.390. The third-order valence-electron chi connectivity index (χ3n) is 4.90. The Morgan fingerprint density at radius 2 is 1.73 bits per heavy atom. The molecule has 220 valence electrons. The first-order chi connectivity index (χ1) is 18.6. The van der Waals surface area contributed by atoms with Crippen molar-refractivity contribution in [1.29, 1.82) is 0 Å². The molecular formula is C25H37N7O8. The van der Waals surface area contributed by atoms with E-state index in [1.807, 2.05) is 0 Å². The van der Waals surface area contributed by atoms with Crippen LogP contribution < -0.4 is 15.4 Å². The molecule has 40 heavy (non-hydrogen) atoms. The number of imidazole rings is 1.